The maximum atomic E-state index is 15.7. The number of nitrogens with zero attached hydrogens (tertiary/aromatic N) is 4. The van der Waals surface area contributed by atoms with Crippen molar-refractivity contribution in [3.05, 3.63) is 53.4 Å². The molecular weight excluding hydrogens is 490 g/mol. The van der Waals surface area contributed by atoms with Gasteiger partial charge in [-0.1, -0.05) is 17.7 Å². The fourth-order valence-corrected chi connectivity index (χ4v) is 4.99. The molecule has 1 aliphatic heterocycles. The van der Waals surface area contributed by atoms with Gasteiger partial charge in [0.1, 0.15) is 28.2 Å². The predicted octanol–water partition coefficient (Wildman–Crippen LogP) is 6.46. The number of carbonyl (C=O) groups is 1. The van der Waals surface area contributed by atoms with E-state index in [0.29, 0.717) is 42.4 Å². The number of rotatable bonds is 2. The van der Waals surface area contributed by atoms with Crippen molar-refractivity contribution in [1.82, 2.24) is 19.4 Å². The van der Waals surface area contributed by atoms with Gasteiger partial charge in [-0.25, -0.2) is 18.6 Å². The number of carbonyl (C=O) groups excluding carboxylic acids is 1. The Morgan fingerprint density at radius 2 is 1.89 bits per heavy atom. The smallest absolute Gasteiger partial charge is 0.410 e. The molecule has 36 heavy (non-hydrogen) atoms. The number of pyridine rings is 1. The minimum atomic E-state index is -0.827. The average molecular weight is 515 g/mol. The molecule has 0 bridgehead atoms. The SMILES string of the molecule is CC(C)(C)OC(=O)N1CCC(n2cnc3cnc4c(F)c(-c5c(O)cccc5F)c(Cl)cc4c32)CC1. The van der Waals surface area contributed by atoms with Crippen LogP contribution >= 0.6 is 11.6 Å². The average Bonchev–Trinajstić information content (AvgIpc) is 3.24. The summed E-state index contributed by atoms with van der Waals surface area (Å²) in [5.74, 6) is -2.04. The fraction of sp³-hybridized carbons (Fsp3) is 0.346. The van der Waals surface area contributed by atoms with Gasteiger partial charge in [-0.15, -0.1) is 0 Å². The number of phenols is 1. The number of hydrogen-bond acceptors (Lipinski definition) is 5. The molecule has 1 aliphatic rings. The standard InChI is InChI=1S/C26H25ClF2N4O3/c1-26(2,3)36-25(35)32-9-7-14(8-10-32)33-13-31-18-12-30-23-15(24(18)33)11-16(27)20(22(23)29)21-17(28)5-4-6-19(21)34/h4-6,11-14,34H,7-10H2,1-3H3. The lowest BCUT2D eigenvalue weighted by Gasteiger charge is -2.34. The fourth-order valence-electron chi connectivity index (χ4n) is 4.71. The van der Waals surface area contributed by atoms with Gasteiger partial charge in [0.2, 0.25) is 0 Å². The second kappa shape index (κ2) is 8.89. The number of amides is 1. The summed E-state index contributed by atoms with van der Waals surface area (Å²) in [7, 11) is 0. The Bertz CT molecular complexity index is 1470. The van der Waals surface area contributed by atoms with Crippen molar-refractivity contribution < 1.29 is 23.4 Å². The van der Waals surface area contributed by atoms with Gasteiger partial charge in [-0.05, 0) is 51.8 Å². The summed E-state index contributed by atoms with van der Waals surface area (Å²) < 4.78 is 37.7. The van der Waals surface area contributed by atoms with Crippen molar-refractivity contribution in [2.45, 2.75) is 45.3 Å². The van der Waals surface area contributed by atoms with E-state index in [9.17, 15) is 14.3 Å². The van der Waals surface area contributed by atoms with Crippen LogP contribution < -0.4 is 0 Å². The third-order valence-electron chi connectivity index (χ3n) is 6.34. The zero-order valence-corrected chi connectivity index (χ0v) is 20.8. The second-order valence-electron chi connectivity index (χ2n) is 9.92. The normalized spacial score (nSPS) is 15.1. The van der Waals surface area contributed by atoms with Crippen LogP contribution in [0.5, 0.6) is 5.75 Å². The number of phenolic OH excluding ortho intramolecular Hbond substituents is 1. The largest absolute Gasteiger partial charge is 0.507 e. The summed E-state index contributed by atoms with van der Waals surface area (Å²) >= 11 is 6.47. The first-order chi connectivity index (χ1) is 17.0. The number of halogens is 3. The molecule has 10 heteroatoms. The van der Waals surface area contributed by atoms with Crippen LogP contribution in [0.1, 0.15) is 39.7 Å². The second-order valence-corrected chi connectivity index (χ2v) is 10.3. The van der Waals surface area contributed by atoms with Gasteiger partial charge in [0.15, 0.2) is 5.82 Å². The molecule has 1 N–H and O–H groups in total. The van der Waals surface area contributed by atoms with Gasteiger partial charge in [0.05, 0.1) is 28.6 Å². The summed E-state index contributed by atoms with van der Waals surface area (Å²) in [5.41, 5.74) is 0.0877. The maximum Gasteiger partial charge on any atom is 0.410 e. The molecule has 3 heterocycles. The van der Waals surface area contributed by atoms with Crippen molar-refractivity contribution in [2.75, 3.05) is 13.1 Å². The van der Waals surface area contributed by atoms with Gasteiger partial charge in [0.25, 0.3) is 0 Å². The van der Waals surface area contributed by atoms with E-state index in [1.165, 1.54) is 24.4 Å². The molecule has 1 fully saturated rings. The van der Waals surface area contributed by atoms with Crippen LogP contribution in [-0.4, -0.2) is 49.3 Å². The van der Waals surface area contributed by atoms with Crippen LogP contribution in [0.15, 0.2) is 36.8 Å². The monoisotopic (exact) mass is 514 g/mol. The highest BCUT2D eigenvalue weighted by molar-refractivity contribution is 6.34. The van der Waals surface area contributed by atoms with Crippen LogP contribution in [0.4, 0.5) is 13.6 Å². The number of hydrogen-bond donors (Lipinski definition) is 1. The number of imidazole rings is 1. The third-order valence-corrected chi connectivity index (χ3v) is 6.63. The molecule has 1 saturated heterocycles. The van der Waals surface area contributed by atoms with Crippen molar-refractivity contribution in [1.29, 1.82) is 0 Å². The molecule has 0 aliphatic carbocycles. The van der Waals surface area contributed by atoms with E-state index in [-0.39, 0.29) is 33.8 Å². The van der Waals surface area contributed by atoms with E-state index in [2.05, 4.69) is 9.97 Å². The summed E-state index contributed by atoms with van der Waals surface area (Å²) in [6.45, 7) is 6.51. The molecule has 0 saturated carbocycles. The lowest BCUT2D eigenvalue weighted by atomic mass is 10.00. The molecule has 2 aromatic carbocycles. The highest BCUT2D eigenvalue weighted by Gasteiger charge is 2.29. The van der Waals surface area contributed by atoms with Crippen molar-refractivity contribution in [3.63, 3.8) is 0 Å². The van der Waals surface area contributed by atoms with E-state index in [4.69, 9.17) is 16.3 Å². The summed E-state index contributed by atoms with van der Waals surface area (Å²) in [6.07, 6.45) is 4.12. The third kappa shape index (κ3) is 4.21. The number of aromatic nitrogens is 3. The Hall–Kier alpha value is -3.46. The van der Waals surface area contributed by atoms with Gasteiger partial charge < -0.3 is 19.3 Å². The number of benzene rings is 2. The summed E-state index contributed by atoms with van der Waals surface area (Å²) in [5, 5.41) is 10.6. The lowest BCUT2D eigenvalue weighted by Crippen LogP contribution is -2.42. The first-order valence-corrected chi connectivity index (χ1v) is 12.0. The van der Waals surface area contributed by atoms with Crippen LogP contribution in [0.2, 0.25) is 5.02 Å². The van der Waals surface area contributed by atoms with Gasteiger partial charge >= 0.3 is 6.09 Å². The molecule has 4 aromatic rings. The minimum Gasteiger partial charge on any atom is -0.507 e. The van der Waals surface area contributed by atoms with Crippen LogP contribution in [0, 0.1) is 11.6 Å². The zero-order chi connectivity index (χ0) is 25.8. The highest BCUT2D eigenvalue weighted by atomic mass is 35.5. The molecule has 5 rings (SSSR count). The van der Waals surface area contributed by atoms with Gasteiger partial charge in [-0.3, -0.25) is 4.98 Å². The lowest BCUT2D eigenvalue weighted by molar-refractivity contribution is 0.0189. The van der Waals surface area contributed by atoms with E-state index in [1.807, 2.05) is 25.3 Å². The summed E-state index contributed by atoms with van der Waals surface area (Å²) in [6, 6.07) is 5.27. The van der Waals surface area contributed by atoms with Crippen molar-refractivity contribution in [3.8, 4) is 16.9 Å². The van der Waals surface area contributed by atoms with E-state index in [1.54, 1.807) is 11.2 Å². The number of aromatic hydroxyl groups is 1. The Morgan fingerprint density at radius 1 is 1.17 bits per heavy atom. The number of piperidine rings is 1. The molecule has 0 atom stereocenters. The molecule has 7 nitrogen and oxygen atoms in total. The number of fused-ring (bicyclic) bond motifs is 3. The van der Waals surface area contributed by atoms with Crippen LogP contribution in [-0.2, 0) is 4.74 Å². The van der Waals surface area contributed by atoms with Gasteiger partial charge in [0, 0.05) is 30.1 Å². The van der Waals surface area contributed by atoms with E-state index in [0.717, 1.165) is 6.07 Å². The van der Waals surface area contributed by atoms with E-state index >= 15 is 4.39 Å². The summed E-state index contributed by atoms with van der Waals surface area (Å²) in [4.78, 5) is 22.8. The van der Waals surface area contributed by atoms with Crippen molar-refractivity contribution in [2.24, 2.45) is 0 Å². The molecule has 188 valence electrons. The van der Waals surface area contributed by atoms with Gasteiger partial charge in [-0.2, -0.15) is 0 Å². The van der Waals surface area contributed by atoms with Crippen molar-refractivity contribution >= 4 is 39.6 Å². The number of likely N-dealkylation sites (tertiary alicyclic amines) is 1. The Morgan fingerprint density at radius 3 is 2.56 bits per heavy atom. The zero-order valence-electron chi connectivity index (χ0n) is 20.1. The molecule has 0 spiro atoms. The molecule has 0 unspecified atom stereocenters. The van der Waals surface area contributed by atoms with E-state index < -0.39 is 23.0 Å². The Labute approximate surface area is 211 Å². The quantitative estimate of drug-likeness (QED) is 0.332. The molecule has 2 aromatic heterocycles. The number of ether oxygens (including phenoxy) is 1. The Balaban J connectivity index is 1.54. The topological polar surface area (TPSA) is 80.5 Å². The Kier molecular flexibility index (Phi) is 5.98. The first kappa shape index (κ1) is 24.2. The molecule has 1 amide bonds. The predicted molar refractivity (Wildman–Crippen MR) is 133 cm³/mol. The maximum absolute atomic E-state index is 15.7. The van der Waals surface area contributed by atoms with Crippen LogP contribution in [0.25, 0.3) is 33.1 Å². The highest BCUT2D eigenvalue weighted by Crippen LogP contribution is 2.42. The van der Waals surface area contributed by atoms with Crippen LogP contribution in [0.3, 0.4) is 0 Å². The molecule has 0 radical (unpaired) electrons. The molecular formula is C26H25ClF2N4O3. The first-order valence-electron chi connectivity index (χ1n) is 11.6. The minimum absolute atomic E-state index is 0.00232.